The van der Waals surface area contributed by atoms with E-state index in [1.807, 2.05) is 48.5 Å². The summed E-state index contributed by atoms with van der Waals surface area (Å²) in [5.74, 6) is -1.19. The number of benzene rings is 3. The first-order valence-electron chi connectivity index (χ1n) is 13.0. The molecular formula is C31H33N3O3. The third kappa shape index (κ3) is 5.20. The molecule has 1 amide bonds. The quantitative estimate of drug-likeness (QED) is 0.332. The predicted octanol–water partition coefficient (Wildman–Crippen LogP) is 6.09. The lowest BCUT2D eigenvalue weighted by atomic mass is 9.90. The minimum absolute atomic E-state index is 0.163. The summed E-state index contributed by atoms with van der Waals surface area (Å²) in [7, 11) is 1.34. The lowest BCUT2D eigenvalue weighted by molar-refractivity contribution is -0.115. The molecule has 3 unspecified atom stereocenters. The van der Waals surface area contributed by atoms with Gasteiger partial charge in [-0.15, -0.1) is 0 Å². The highest BCUT2D eigenvalue weighted by Crippen LogP contribution is 2.37. The van der Waals surface area contributed by atoms with Gasteiger partial charge in [-0.25, -0.2) is 4.79 Å². The third-order valence-electron chi connectivity index (χ3n) is 7.58. The lowest BCUT2D eigenvalue weighted by Gasteiger charge is -2.39. The molecule has 0 aromatic heterocycles. The zero-order valence-corrected chi connectivity index (χ0v) is 21.6. The molecular weight excluding hydrogens is 462 g/mol. The number of hydrogen-bond acceptors (Lipinski definition) is 5. The maximum absolute atomic E-state index is 13.2. The van der Waals surface area contributed by atoms with Crippen LogP contribution in [0.1, 0.15) is 66.1 Å². The van der Waals surface area contributed by atoms with Gasteiger partial charge >= 0.3 is 5.97 Å². The fourth-order valence-corrected chi connectivity index (χ4v) is 5.50. The number of nitrogens with zero attached hydrogens (tertiary/aromatic N) is 2. The summed E-state index contributed by atoms with van der Waals surface area (Å²) in [6.07, 6.45) is 3.80. The fourth-order valence-electron chi connectivity index (χ4n) is 5.50. The molecule has 3 atom stereocenters. The zero-order valence-electron chi connectivity index (χ0n) is 21.6. The number of fused-ring (bicyclic) bond motifs is 1. The number of carbonyl (C=O) groups is 2. The number of nitrogens with one attached hydrogen (secondary N) is 1. The van der Waals surface area contributed by atoms with Gasteiger partial charge in [0.2, 0.25) is 5.91 Å². The largest absolute Gasteiger partial charge is 0.465 e. The number of aliphatic imine (C=N–C) groups is 1. The standard InChI is InChI=1S/C31H33N3O3/c1-20-8-7-9-21(2)34(20)19-22-12-15-25(16-13-22)32-29(23-10-5-4-6-11-23)28-26-17-14-24(31(36)37-3)18-27(26)33-30(28)35/h4-6,10-18,20-21,28H,7-9,19H2,1-3H3,(H,33,35). The summed E-state index contributed by atoms with van der Waals surface area (Å²) in [5, 5.41) is 2.93. The van der Waals surface area contributed by atoms with Gasteiger partial charge in [0, 0.05) is 24.3 Å². The van der Waals surface area contributed by atoms with Crippen LogP contribution in [0.25, 0.3) is 0 Å². The van der Waals surface area contributed by atoms with E-state index < -0.39 is 11.9 Å². The number of piperidine rings is 1. The van der Waals surface area contributed by atoms with Gasteiger partial charge in [0.15, 0.2) is 0 Å². The highest BCUT2D eigenvalue weighted by molar-refractivity contribution is 6.24. The average molecular weight is 496 g/mol. The maximum atomic E-state index is 13.2. The molecule has 37 heavy (non-hydrogen) atoms. The molecule has 1 N–H and O–H groups in total. The zero-order chi connectivity index (χ0) is 25.9. The molecule has 5 rings (SSSR count). The molecule has 0 spiro atoms. The van der Waals surface area contributed by atoms with Crippen LogP contribution < -0.4 is 5.32 Å². The van der Waals surface area contributed by atoms with Gasteiger partial charge in [-0.2, -0.15) is 0 Å². The van der Waals surface area contributed by atoms with Crippen LogP contribution in [0.2, 0.25) is 0 Å². The SMILES string of the molecule is COC(=O)c1ccc2c(c1)NC(=O)C2C(=Nc1ccc(CN2C(C)CCCC2C)cc1)c1ccccc1. The van der Waals surface area contributed by atoms with Gasteiger partial charge in [0.05, 0.1) is 24.1 Å². The van der Waals surface area contributed by atoms with Crippen LogP contribution >= 0.6 is 0 Å². The van der Waals surface area contributed by atoms with Crippen molar-refractivity contribution in [3.05, 3.63) is 95.1 Å². The molecule has 6 heteroatoms. The second-order valence-corrected chi connectivity index (χ2v) is 10.0. The van der Waals surface area contributed by atoms with E-state index in [9.17, 15) is 9.59 Å². The van der Waals surface area contributed by atoms with Gasteiger partial charge in [-0.05, 0) is 67.6 Å². The van der Waals surface area contributed by atoms with E-state index in [-0.39, 0.29) is 5.91 Å². The number of rotatable bonds is 6. The summed E-state index contributed by atoms with van der Waals surface area (Å²) in [6.45, 7) is 5.57. The summed E-state index contributed by atoms with van der Waals surface area (Å²) >= 11 is 0. The number of methoxy groups -OCH3 is 1. The molecule has 0 saturated carbocycles. The Kier molecular flexibility index (Phi) is 7.19. The van der Waals surface area contributed by atoms with E-state index in [4.69, 9.17) is 9.73 Å². The van der Waals surface area contributed by atoms with Crippen molar-refractivity contribution in [3.63, 3.8) is 0 Å². The van der Waals surface area contributed by atoms with E-state index >= 15 is 0 Å². The van der Waals surface area contributed by atoms with E-state index in [0.29, 0.717) is 29.0 Å². The van der Waals surface area contributed by atoms with Crippen LogP contribution in [-0.2, 0) is 16.1 Å². The van der Waals surface area contributed by atoms with Crippen LogP contribution in [0.3, 0.4) is 0 Å². The molecule has 1 saturated heterocycles. The molecule has 0 bridgehead atoms. The fraction of sp³-hybridized carbons (Fsp3) is 0.323. The van der Waals surface area contributed by atoms with Crippen LogP contribution in [0.4, 0.5) is 11.4 Å². The van der Waals surface area contributed by atoms with E-state index in [1.54, 1.807) is 12.1 Å². The number of esters is 1. The Morgan fingerprint density at radius 3 is 2.35 bits per heavy atom. The third-order valence-corrected chi connectivity index (χ3v) is 7.58. The van der Waals surface area contributed by atoms with Crippen molar-refractivity contribution in [3.8, 4) is 0 Å². The van der Waals surface area contributed by atoms with Crippen LogP contribution in [0.15, 0.2) is 77.8 Å². The first kappa shape index (κ1) is 24.9. The molecule has 6 nitrogen and oxygen atoms in total. The predicted molar refractivity (Wildman–Crippen MR) is 147 cm³/mol. The van der Waals surface area contributed by atoms with Crippen LogP contribution in [-0.4, -0.2) is 41.7 Å². The minimum atomic E-state index is -0.584. The lowest BCUT2D eigenvalue weighted by Crippen LogP contribution is -2.42. The minimum Gasteiger partial charge on any atom is -0.465 e. The Bertz CT molecular complexity index is 1310. The molecule has 3 aromatic rings. The molecule has 3 aromatic carbocycles. The molecule has 2 heterocycles. The molecule has 2 aliphatic rings. The van der Waals surface area contributed by atoms with E-state index in [0.717, 1.165) is 23.4 Å². The highest BCUT2D eigenvalue weighted by atomic mass is 16.5. The summed E-state index contributed by atoms with van der Waals surface area (Å²) < 4.78 is 4.84. The second-order valence-electron chi connectivity index (χ2n) is 10.0. The maximum Gasteiger partial charge on any atom is 0.337 e. The Balaban J connectivity index is 1.47. The topological polar surface area (TPSA) is 71.0 Å². The van der Waals surface area contributed by atoms with Crippen molar-refractivity contribution >= 4 is 29.0 Å². The highest BCUT2D eigenvalue weighted by Gasteiger charge is 2.36. The summed E-state index contributed by atoms with van der Waals surface area (Å²) in [5.41, 5.74) is 5.43. The number of carbonyl (C=O) groups excluding carboxylic acids is 2. The monoisotopic (exact) mass is 495 g/mol. The molecule has 0 radical (unpaired) electrons. The van der Waals surface area contributed by atoms with Gasteiger partial charge in [0.1, 0.15) is 5.92 Å². The molecule has 190 valence electrons. The number of likely N-dealkylation sites (tertiary alicyclic amines) is 1. The Morgan fingerprint density at radius 2 is 1.68 bits per heavy atom. The van der Waals surface area contributed by atoms with Crippen molar-refractivity contribution in [1.82, 2.24) is 4.90 Å². The average Bonchev–Trinajstić information content (AvgIpc) is 3.25. The van der Waals surface area contributed by atoms with Gasteiger partial charge in [-0.1, -0.05) is 55.0 Å². The Labute approximate surface area is 218 Å². The number of hydrogen-bond donors (Lipinski definition) is 1. The molecule has 2 aliphatic heterocycles. The second kappa shape index (κ2) is 10.7. The van der Waals surface area contributed by atoms with E-state index in [1.165, 1.54) is 31.9 Å². The van der Waals surface area contributed by atoms with Crippen molar-refractivity contribution < 1.29 is 14.3 Å². The van der Waals surface area contributed by atoms with Gasteiger partial charge in [-0.3, -0.25) is 14.7 Å². The van der Waals surface area contributed by atoms with Crippen molar-refractivity contribution in [2.45, 2.75) is 57.7 Å². The molecule has 0 aliphatic carbocycles. The van der Waals surface area contributed by atoms with Gasteiger partial charge < -0.3 is 10.1 Å². The first-order chi connectivity index (χ1) is 17.9. The van der Waals surface area contributed by atoms with Crippen molar-refractivity contribution in [2.24, 2.45) is 4.99 Å². The number of ether oxygens (including phenoxy) is 1. The Morgan fingerprint density at radius 1 is 0.973 bits per heavy atom. The van der Waals surface area contributed by atoms with Crippen LogP contribution in [0, 0.1) is 0 Å². The summed E-state index contributed by atoms with van der Waals surface area (Å²) in [4.78, 5) is 32.8. The van der Waals surface area contributed by atoms with Crippen molar-refractivity contribution in [2.75, 3.05) is 12.4 Å². The Hall–Kier alpha value is -3.77. The van der Waals surface area contributed by atoms with Crippen LogP contribution in [0.5, 0.6) is 0 Å². The normalized spacial score (nSPS) is 21.9. The number of amides is 1. The molecule has 1 fully saturated rings. The van der Waals surface area contributed by atoms with Gasteiger partial charge in [0.25, 0.3) is 0 Å². The smallest absolute Gasteiger partial charge is 0.337 e. The van der Waals surface area contributed by atoms with E-state index in [2.05, 4.69) is 36.2 Å². The number of anilines is 1. The summed E-state index contributed by atoms with van der Waals surface area (Å²) in [6, 6.07) is 24.5. The first-order valence-corrected chi connectivity index (χ1v) is 13.0. The van der Waals surface area contributed by atoms with Crippen molar-refractivity contribution in [1.29, 1.82) is 0 Å².